The van der Waals surface area contributed by atoms with Gasteiger partial charge in [0.1, 0.15) is 11.3 Å². The quantitative estimate of drug-likeness (QED) is 0.280. The second-order valence-corrected chi connectivity index (χ2v) is 11.6. The van der Waals surface area contributed by atoms with E-state index in [2.05, 4.69) is 14.3 Å². The fraction of sp³-hybridized carbons (Fsp3) is 0.167. The number of amides is 1. The molecule has 5 aromatic rings. The average molecular weight is 539 g/mol. The van der Waals surface area contributed by atoms with E-state index < -0.39 is 9.73 Å². The molecule has 1 atom stereocenters. The van der Waals surface area contributed by atoms with Gasteiger partial charge in [-0.05, 0) is 48.0 Å². The lowest BCUT2D eigenvalue weighted by Crippen LogP contribution is -2.40. The first kappa shape index (κ1) is 25.0. The third-order valence-corrected chi connectivity index (χ3v) is 8.36. The molecule has 1 aliphatic rings. The summed E-state index contributed by atoms with van der Waals surface area (Å²) in [5, 5.41) is 0. The van der Waals surface area contributed by atoms with E-state index in [1.54, 1.807) is 37.0 Å². The van der Waals surface area contributed by atoms with Crippen LogP contribution in [-0.2, 0) is 14.5 Å². The number of hydrogen-bond acceptors (Lipinski definition) is 7. The summed E-state index contributed by atoms with van der Waals surface area (Å²) < 4.78 is 29.4. The number of carbonyl (C=O) groups excluding carboxylic acids is 1. The van der Waals surface area contributed by atoms with Gasteiger partial charge in [-0.15, -0.1) is 0 Å². The molecule has 8 nitrogen and oxygen atoms in total. The van der Waals surface area contributed by atoms with Crippen LogP contribution in [0.5, 0.6) is 0 Å². The predicted octanol–water partition coefficient (Wildman–Crippen LogP) is 5.82. The lowest BCUT2D eigenvalue weighted by atomic mass is 10.0. The SMILES string of the molecule is CS(=O)(=Nc1ccncc1)c1ccc(-c2cc3nccc(-c4cccc(C(=O)N5CCOCC5)c4)c3o2)cc1. The van der Waals surface area contributed by atoms with Crippen LogP contribution in [0, 0.1) is 0 Å². The molecule has 0 radical (unpaired) electrons. The number of benzene rings is 2. The van der Waals surface area contributed by atoms with Crippen molar-refractivity contribution in [3.8, 4) is 22.5 Å². The van der Waals surface area contributed by atoms with Gasteiger partial charge in [0.25, 0.3) is 5.91 Å². The maximum atomic E-state index is 13.3. The Bertz CT molecular complexity index is 1770. The molecule has 1 saturated heterocycles. The predicted molar refractivity (Wildman–Crippen MR) is 150 cm³/mol. The third kappa shape index (κ3) is 5.19. The summed E-state index contributed by atoms with van der Waals surface area (Å²) >= 11 is 0. The van der Waals surface area contributed by atoms with Crippen LogP contribution in [0.4, 0.5) is 5.69 Å². The third-order valence-electron chi connectivity index (χ3n) is 6.65. The van der Waals surface area contributed by atoms with Crippen LogP contribution in [0.3, 0.4) is 0 Å². The topological polar surface area (TPSA) is 97.9 Å². The molecule has 0 N–H and O–H groups in total. The van der Waals surface area contributed by atoms with Crippen molar-refractivity contribution in [2.24, 2.45) is 4.36 Å². The van der Waals surface area contributed by atoms with Crippen molar-refractivity contribution in [2.75, 3.05) is 32.6 Å². The summed E-state index contributed by atoms with van der Waals surface area (Å²) in [6, 6.07) is 22.2. The van der Waals surface area contributed by atoms with Crippen molar-refractivity contribution in [1.29, 1.82) is 0 Å². The largest absolute Gasteiger partial charge is 0.454 e. The molecule has 6 rings (SSSR count). The molecule has 4 heterocycles. The first-order chi connectivity index (χ1) is 19.0. The van der Waals surface area contributed by atoms with E-state index in [1.165, 1.54) is 0 Å². The molecule has 2 aromatic carbocycles. The number of furan rings is 1. The maximum Gasteiger partial charge on any atom is 0.254 e. The molecule has 39 heavy (non-hydrogen) atoms. The van der Waals surface area contributed by atoms with Gasteiger partial charge in [0.15, 0.2) is 5.58 Å². The number of pyridine rings is 2. The number of carbonyl (C=O) groups is 1. The zero-order valence-electron chi connectivity index (χ0n) is 21.3. The van der Waals surface area contributed by atoms with Crippen LogP contribution in [0.1, 0.15) is 10.4 Å². The molecule has 0 spiro atoms. The Morgan fingerprint density at radius 2 is 1.69 bits per heavy atom. The Kier molecular flexibility index (Phi) is 6.68. The average Bonchev–Trinajstić information content (AvgIpc) is 3.42. The number of fused-ring (bicyclic) bond motifs is 1. The van der Waals surface area contributed by atoms with Crippen LogP contribution >= 0.6 is 0 Å². The van der Waals surface area contributed by atoms with Crippen molar-refractivity contribution in [3.63, 3.8) is 0 Å². The Hall–Kier alpha value is -4.34. The van der Waals surface area contributed by atoms with Gasteiger partial charge in [-0.25, -0.2) is 4.21 Å². The summed E-state index contributed by atoms with van der Waals surface area (Å²) in [5.74, 6) is 0.638. The zero-order valence-corrected chi connectivity index (χ0v) is 22.1. The van der Waals surface area contributed by atoms with E-state index in [9.17, 15) is 9.00 Å². The Labute approximate surface area is 226 Å². The number of hydrogen-bond donors (Lipinski definition) is 0. The summed E-state index contributed by atoms with van der Waals surface area (Å²) in [7, 11) is -2.63. The van der Waals surface area contributed by atoms with E-state index in [0.717, 1.165) is 16.7 Å². The van der Waals surface area contributed by atoms with Crippen molar-refractivity contribution in [2.45, 2.75) is 4.90 Å². The molecule has 0 aliphatic carbocycles. The number of nitrogens with zero attached hydrogens (tertiary/aromatic N) is 4. The van der Waals surface area contributed by atoms with Crippen molar-refractivity contribution >= 4 is 32.4 Å². The van der Waals surface area contributed by atoms with Gasteiger partial charge in [-0.2, -0.15) is 4.36 Å². The van der Waals surface area contributed by atoms with Gasteiger partial charge in [0.05, 0.1) is 28.6 Å². The van der Waals surface area contributed by atoms with E-state index in [1.807, 2.05) is 65.6 Å². The van der Waals surface area contributed by atoms with E-state index in [-0.39, 0.29) is 5.91 Å². The first-order valence-corrected chi connectivity index (χ1v) is 14.5. The highest BCUT2D eigenvalue weighted by Gasteiger charge is 2.20. The molecule has 196 valence electrons. The van der Waals surface area contributed by atoms with Crippen LogP contribution < -0.4 is 0 Å². The fourth-order valence-corrected chi connectivity index (χ4v) is 5.88. The molecule has 0 saturated carbocycles. The smallest absolute Gasteiger partial charge is 0.254 e. The summed E-state index contributed by atoms with van der Waals surface area (Å²) in [6.07, 6.45) is 6.61. The van der Waals surface area contributed by atoms with Crippen molar-refractivity contribution in [1.82, 2.24) is 14.9 Å². The minimum absolute atomic E-state index is 0.00570. The normalized spacial score (nSPS) is 15.2. The highest BCUT2D eigenvalue weighted by atomic mass is 32.2. The summed E-state index contributed by atoms with van der Waals surface area (Å²) in [4.78, 5) is 24.0. The van der Waals surface area contributed by atoms with Crippen LogP contribution in [0.25, 0.3) is 33.6 Å². The molecule has 1 amide bonds. The second-order valence-electron chi connectivity index (χ2n) is 9.29. The van der Waals surface area contributed by atoms with Crippen molar-refractivity contribution < 1.29 is 18.2 Å². The number of ether oxygens (including phenoxy) is 1. The molecule has 0 bridgehead atoms. The molecule has 1 unspecified atom stereocenters. The Balaban J connectivity index is 1.31. The molecule has 1 aliphatic heterocycles. The van der Waals surface area contributed by atoms with Crippen LogP contribution in [-0.4, -0.2) is 57.5 Å². The van der Waals surface area contributed by atoms with Gasteiger partial charge in [0, 0.05) is 65.6 Å². The lowest BCUT2D eigenvalue weighted by molar-refractivity contribution is 0.0303. The van der Waals surface area contributed by atoms with Crippen LogP contribution in [0.15, 0.2) is 105 Å². The van der Waals surface area contributed by atoms with Gasteiger partial charge >= 0.3 is 0 Å². The molecular weight excluding hydrogens is 512 g/mol. The molecule has 9 heteroatoms. The fourth-order valence-electron chi connectivity index (χ4n) is 4.61. The molecular formula is C30H26N4O4S. The van der Waals surface area contributed by atoms with E-state index >= 15 is 0 Å². The van der Waals surface area contributed by atoms with E-state index in [0.29, 0.717) is 59.3 Å². The van der Waals surface area contributed by atoms with Gasteiger partial charge in [-0.1, -0.05) is 24.3 Å². The number of rotatable bonds is 5. The maximum absolute atomic E-state index is 13.3. The highest BCUT2D eigenvalue weighted by Crippen LogP contribution is 2.34. The number of morpholine rings is 1. The molecule has 3 aromatic heterocycles. The minimum Gasteiger partial charge on any atom is -0.454 e. The summed E-state index contributed by atoms with van der Waals surface area (Å²) in [6.45, 7) is 2.30. The van der Waals surface area contributed by atoms with Crippen molar-refractivity contribution in [3.05, 3.63) is 97.0 Å². The summed E-state index contributed by atoms with van der Waals surface area (Å²) in [5.41, 5.74) is 5.16. The van der Waals surface area contributed by atoms with Gasteiger partial charge < -0.3 is 14.1 Å². The Morgan fingerprint density at radius 3 is 2.46 bits per heavy atom. The van der Waals surface area contributed by atoms with Gasteiger partial charge in [0.2, 0.25) is 0 Å². The minimum atomic E-state index is -2.63. The highest BCUT2D eigenvalue weighted by molar-refractivity contribution is 7.93. The van der Waals surface area contributed by atoms with E-state index in [4.69, 9.17) is 9.15 Å². The molecule has 1 fully saturated rings. The number of aromatic nitrogens is 2. The van der Waals surface area contributed by atoms with Crippen LogP contribution in [0.2, 0.25) is 0 Å². The lowest BCUT2D eigenvalue weighted by Gasteiger charge is -2.27. The Morgan fingerprint density at radius 1 is 0.923 bits per heavy atom. The first-order valence-electron chi connectivity index (χ1n) is 12.6. The second kappa shape index (κ2) is 10.4. The monoisotopic (exact) mass is 538 g/mol. The zero-order chi connectivity index (χ0) is 26.8. The van der Waals surface area contributed by atoms with Gasteiger partial charge in [-0.3, -0.25) is 14.8 Å². The standard InChI is InChI=1S/C30H26N4O4S/c1-39(36,33-24-9-12-31-13-10-24)25-7-5-21(6-8-25)28-20-27-29(38-28)26(11-14-32-27)22-3-2-4-23(19-22)30(35)34-15-17-37-18-16-34/h2-14,19-20H,15-18H2,1H3.